The molecule has 0 saturated heterocycles. The maximum Gasteiger partial charge on any atom is 0.420 e. The Morgan fingerprint density at radius 1 is 1.38 bits per heavy atom. The van der Waals surface area contributed by atoms with Crippen LogP contribution in [0.1, 0.15) is 33.3 Å². The van der Waals surface area contributed by atoms with E-state index in [1.54, 1.807) is 39.4 Å². The summed E-state index contributed by atoms with van der Waals surface area (Å²) in [4.78, 5) is 28.0. The van der Waals surface area contributed by atoms with Crippen molar-refractivity contribution >= 4 is 33.7 Å². The first-order valence-corrected chi connectivity index (χ1v) is 7.52. The zero-order valence-corrected chi connectivity index (χ0v) is 13.3. The van der Waals surface area contributed by atoms with Gasteiger partial charge in [-0.1, -0.05) is 0 Å². The van der Waals surface area contributed by atoms with Gasteiger partial charge < -0.3 is 9.47 Å². The molecule has 0 bridgehead atoms. The first kappa shape index (κ1) is 15.5. The fraction of sp³-hybridized carbons (Fsp3) is 0.500. The normalized spacial score (nSPS) is 11.6. The number of rotatable bonds is 3. The van der Waals surface area contributed by atoms with E-state index >= 15 is 0 Å². The molecule has 0 aliphatic rings. The molecule has 0 spiro atoms. The van der Waals surface area contributed by atoms with Crippen molar-refractivity contribution in [2.45, 2.75) is 39.7 Å². The van der Waals surface area contributed by atoms with Crippen LogP contribution >= 0.6 is 11.3 Å². The number of aromatic nitrogens is 2. The first-order chi connectivity index (χ1) is 9.81. The van der Waals surface area contributed by atoms with Crippen LogP contribution < -0.4 is 0 Å². The molecule has 21 heavy (non-hydrogen) atoms. The molecule has 0 unspecified atom stereocenters. The van der Waals surface area contributed by atoms with Gasteiger partial charge in [0.05, 0.1) is 23.2 Å². The van der Waals surface area contributed by atoms with Crippen molar-refractivity contribution in [3.8, 4) is 0 Å². The summed E-state index contributed by atoms with van der Waals surface area (Å²) in [6, 6.07) is 0. The van der Waals surface area contributed by atoms with Crippen molar-refractivity contribution in [2.24, 2.45) is 0 Å². The van der Waals surface area contributed by atoms with E-state index in [4.69, 9.17) is 9.47 Å². The Morgan fingerprint density at radius 2 is 2.10 bits per heavy atom. The van der Waals surface area contributed by atoms with Gasteiger partial charge in [-0.15, -0.1) is 11.3 Å². The molecule has 0 radical (unpaired) electrons. The summed E-state index contributed by atoms with van der Waals surface area (Å²) in [6.45, 7) is 7.48. The predicted octanol–water partition coefficient (Wildman–Crippen LogP) is 2.99. The van der Waals surface area contributed by atoms with Crippen molar-refractivity contribution in [3.63, 3.8) is 0 Å². The van der Waals surface area contributed by atoms with Crippen LogP contribution in [-0.4, -0.2) is 33.8 Å². The number of carbonyl (C=O) groups is 2. The highest BCUT2D eigenvalue weighted by Crippen LogP contribution is 2.26. The third-order valence-electron chi connectivity index (χ3n) is 2.58. The van der Waals surface area contributed by atoms with Gasteiger partial charge in [0.15, 0.2) is 5.65 Å². The van der Waals surface area contributed by atoms with Crippen LogP contribution in [0.15, 0.2) is 11.7 Å². The zero-order chi connectivity index (χ0) is 15.6. The molecule has 114 valence electrons. The lowest BCUT2D eigenvalue weighted by Gasteiger charge is -2.19. The fourth-order valence-electron chi connectivity index (χ4n) is 1.85. The van der Waals surface area contributed by atoms with Gasteiger partial charge in [-0.25, -0.2) is 14.3 Å². The Kier molecular flexibility index (Phi) is 4.32. The third kappa shape index (κ3) is 3.60. The summed E-state index contributed by atoms with van der Waals surface area (Å²) in [7, 11) is 0. The van der Waals surface area contributed by atoms with E-state index in [2.05, 4.69) is 4.98 Å². The van der Waals surface area contributed by atoms with Gasteiger partial charge in [0.2, 0.25) is 0 Å². The highest BCUT2D eigenvalue weighted by Gasteiger charge is 2.23. The number of hydrogen-bond acceptors (Lipinski definition) is 6. The number of ether oxygens (including phenoxy) is 2. The molecule has 6 nitrogen and oxygen atoms in total. The van der Waals surface area contributed by atoms with Crippen LogP contribution in [0.2, 0.25) is 0 Å². The number of nitrogens with zero attached hydrogens (tertiary/aromatic N) is 2. The van der Waals surface area contributed by atoms with Gasteiger partial charge in [-0.3, -0.25) is 4.79 Å². The molecule has 0 saturated carbocycles. The Hall–Kier alpha value is -1.89. The number of esters is 1. The highest BCUT2D eigenvalue weighted by molar-refractivity contribution is 7.17. The van der Waals surface area contributed by atoms with Gasteiger partial charge in [0.1, 0.15) is 5.60 Å². The quantitative estimate of drug-likeness (QED) is 0.815. The average molecular weight is 310 g/mol. The van der Waals surface area contributed by atoms with Gasteiger partial charge in [-0.2, -0.15) is 0 Å². The van der Waals surface area contributed by atoms with Gasteiger partial charge in [0.25, 0.3) is 0 Å². The van der Waals surface area contributed by atoms with Gasteiger partial charge in [-0.05, 0) is 27.7 Å². The Balaban J connectivity index is 2.31. The van der Waals surface area contributed by atoms with E-state index in [9.17, 15) is 9.59 Å². The summed E-state index contributed by atoms with van der Waals surface area (Å²) >= 11 is 1.38. The van der Waals surface area contributed by atoms with Crippen LogP contribution in [0.3, 0.4) is 0 Å². The Bertz CT molecular complexity index is 666. The largest absolute Gasteiger partial charge is 0.466 e. The molecular formula is C14H18N2O4S. The third-order valence-corrected chi connectivity index (χ3v) is 3.47. The van der Waals surface area contributed by atoms with Crippen LogP contribution in [0.4, 0.5) is 4.79 Å². The summed E-state index contributed by atoms with van der Waals surface area (Å²) in [6.07, 6.45) is 1.20. The van der Waals surface area contributed by atoms with Crippen molar-refractivity contribution in [1.82, 2.24) is 9.55 Å². The van der Waals surface area contributed by atoms with E-state index in [1.807, 2.05) is 0 Å². The van der Waals surface area contributed by atoms with Crippen LogP contribution in [0.25, 0.3) is 10.3 Å². The number of thiazole rings is 1. The standard InChI is InChI=1S/C14H18N2O4S/c1-5-19-10(17)6-9-7-16(12-11(9)21-8-15-12)13(18)20-14(2,3)4/h7-8H,5-6H2,1-4H3. The summed E-state index contributed by atoms with van der Waals surface area (Å²) in [5.41, 5.74) is 2.27. The Morgan fingerprint density at radius 3 is 2.71 bits per heavy atom. The SMILES string of the molecule is CCOC(=O)Cc1cn(C(=O)OC(C)(C)C)c2ncsc12. The molecule has 0 aliphatic carbocycles. The minimum absolute atomic E-state index is 0.113. The monoisotopic (exact) mass is 310 g/mol. The van der Waals surface area contributed by atoms with E-state index in [0.29, 0.717) is 12.3 Å². The molecule has 0 N–H and O–H groups in total. The maximum atomic E-state index is 12.2. The van der Waals surface area contributed by atoms with Crippen LogP contribution in [0.5, 0.6) is 0 Å². The lowest BCUT2D eigenvalue weighted by atomic mass is 10.2. The molecular weight excluding hydrogens is 292 g/mol. The predicted molar refractivity (Wildman–Crippen MR) is 79.6 cm³/mol. The second-order valence-electron chi connectivity index (χ2n) is 5.49. The second-order valence-corrected chi connectivity index (χ2v) is 6.35. The molecule has 0 aliphatic heterocycles. The van der Waals surface area contributed by atoms with E-state index < -0.39 is 11.7 Å². The molecule has 2 rings (SSSR count). The molecule has 0 amide bonds. The van der Waals surface area contributed by atoms with E-state index in [0.717, 1.165) is 10.3 Å². The minimum atomic E-state index is -0.592. The fourth-order valence-corrected chi connectivity index (χ4v) is 2.64. The smallest absolute Gasteiger partial charge is 0.420 e. The molecule has 0 fully saturated rings. The number of carbonyl (C=O) groups excluding carboxylic acids is 2. The van der Waals surface area contributed by atoms with Crippen LogP contribution in [-0.2, 0) is 20.7 Å². The maximum absolute atomic E-state index is 12.2. The van der Waals surface area contributed by atoms with Gasteiger partial charge >= 0.3 is 12.1 Å². The molecule has 2 heterocycles. The van der Waals surface area contributed by atoms with E-state index in [-0.39, 0.29) is 12.4 Å². The number of hydrogen-bond donors (Lipinski definition) is 0. The molecule has 2 aromatic heterocycles. The van der Waals surface area contributed by atoms with Crippen molar-refractivity contribution in [1.29, 1.82) is 0 Å². The van der Waals surface area contributed by atoms with Crippen molar-refractivity contribution in [2.75, 3.05) is 6.61 Å². The van der Waals surface area contributed by atoms with Crippen molar-refractivity contribution in [3.05, 3.63) is 17.3 Å². The molecule has 0 aromatic carbocycles. The second kappa shape index (κ2) is 5.85. The number of fused-ring (bicyclic) bond motifs is 1. The highest BCUT2D eigenvalue weighted by atomic mass is 32.1. The van der Waals surface area contributed by atoms with Crippen molar-refractivity contribution < 1.29 is 19.1 Å². The Labute approximate surface area is 126 Å². The summed E-state index contributed by atoms with van der Waals surface area (Å²) in [5.74, 6) is -0.325. The summed E-state index contributed by atoms with van der Waals surface area (Å²) < 4.78 is 12.4. The molecule has 0 atom stereocenters. The molecule has 7 heteroatoms. The van der Waals surface area contributed by atoms with Crippen LogP contribution in [0, 0.1) is 0 Å². The molecule has 2 aromatic rings. The van der Waals surface area contributed by atoms with Gasteiger partial charge in [0, 0.05) is 11.8 Å². The average Bonchev–Trinajstić information content (AvgIpc) is 2.90. The lowest BCUT2D eigenvalue weighted by molar-refractivity contribution is -0.142. The summed E-state index contributed by atoms with van der Waals surface area (Å²) in [5, 5.41) is 0. The first-order valence-electron chi connectivity index (χ1n) is 6.64. The zero-order valence-electron chi connectivity index (χ0n) is 12.5. The van der Waals surface area contributed by atoms with E-state index in [1.165, 1.54) is 15.9 Å². The topological polar surface area (TPSA) is 70.4 Å². The minimum Gasteiger partial charge on any atom is -0.466 e. The lowest BCUT2D eigenvalue weighted by Crippen LogP contribution is -2.26.